The van der Waals surface area contributed by atoms with Gasteiger partial charge >= 0.3 is 5.97 Å². The lowest BCUT2D eigenvalue weighted by molar-refractivity contribution is 0.0695. The Balaban J connectivity index is 2.18. The van der Waals surface area contributed by atoms with Gasteiger partial charge in [0.05, 0.1) is 0 Å². The smallest absolute Gasteiger partial charge is 0.341 e. The third kappa shape index (κ3) is 2.18. The molecule has 2 aromatic rings. The highest BCUT2D eigenvalue weighted by Crippen LogP contribution is 2.43. The molecule has 1 aromatic heterocycles. The van der Waals surface area contributed by atoms with E-state index in [1.54, 1.807) is 0 Å². The second kappa shape index (κ2) is 4.62. The van der Waals surface area contributed by atoms with Gasteiger partial charge in [0.2, 0.25) is 0 Å². The second-order valence-corrected chi connectivity index (χ2v) is 5.82. The van der Waals surface area contributed by atoms with Gasteiger partial charge in [0.25, 0.3) is 0 Å². The van der Waals surface area contributed by atoms with Crippen LogP contribution in [0.4, 0.5) is 0 Å². The minimum atomic E-state index is -1.03. The standard InChI is InChI=1S/C16H17NO4/c1-4-11-12(15(18)19)13(17-21-11)10-7-5-6-9-8-16(2,3)20-14(9)10/h5-7H,4,8H2,1-3H3,(H,18,19). The molecule has 0 aliphatic carbocycles. The molecule has 110 valence electrons. The fourth-order valence-electron chi connectivity index (χ4n) is 2.77. The summed E-state index contributed by atoms with van der Waals surface area (Å²) in [5.41, 5.74) is 1.92. The van der Waals surface area contributed by atoms with Crippen LogP contribution in [0.2, 0.25) is 0 Å². The van der Waals surface area contributed by atoms with Crippen LogP contribution in [-0.2, 0) is 12.8 Å². The number of aromatic nitrogens is 1. The molecular formula is C16H17NO4. The van der Waals surface area contributed by atoms with Gasteiger partial charge in [0, 0.05) is 18.4 Å². The zero-order valence-electron chi connectivity index (χ0n) is 12.3. The molecule has 21 heavy (non-hydrogen) atoms. The Morgan fingerprint density at radius 1 is 1.43 bits per heavy atom. The van der Waals surface area contributed by atoms with Crippen LogP contribution in [0.25, 0.3) is 11.3 Å². The molecule has 0 atom stereocenters. The van der Waals surface area contributed by atoms with Gasteiger partial charge in [-0.05, 0) is 25.5 Å². The number of fused-ring (bicyclic) bond motifs is 1. The highest BCUT2D eigenvalue weighted by atomic mass is 16.5. The van der Waals surface area contributed by atoms with E-state index in [0.717, 1.165) is 12.0 Å². The van der Waals surface area contributed by atoms with Gasteiger partial charge in [-0.3, -0.25) is 0 Å². The van der Waals surface area contributed by atoms with Crippen molar-refractivity contribution in [1.82, 2.24) is 5.16 Å². The first-order valence-electron chi connectivity index (χ1n) is 6.96. The number of hydrogen-bond donors (Lipinski definition) is 1. The summed E-state index contributed by atoms with van der Waals surface area (Å²) in [4.78, 5) is 11.5. The average molecular weight is 287 g/mol. The molecule has 1 N–H and O–H groups in total. The molecule has 0 radical (unpaired) electrons. The molecular weight excluding hydrogens is 270 g/mol. The average Bonchev–Trinajstić information content (AvgIpc) is 2.96. The van der Waals surface area contributed by atoms with E-state index in [0.29, 0.717) is 29.2 Å². The summed E-state index contributed by atoms with van der Waals surface area (Å²) in [7, 11) is 0. The normalized spacial score (nSPS) is 15.6. The molecule has 0 amide bonds. The quantitative estimate of drug-likeness (QED) is 0.937. The topological polar surface area (TPSA) is 72.6 Å². The van der Waals surface area contributed by atoms with Crippen LogP contribution < -0.4 is 4.74 Å². The fraction of sp³-hybridized carbons (Fsp3) is 0.375. The van der Waals surface area contributed by atoms with E-state index >= 15 is 0 Å². The first-order chi connectivity index (χ1) is 9.93. The highest BCUT2D eigenvalue weighted by Gasteiger charge is 2.34. The molecule has 0 spiro atoms. The van der Waals surface area contributed by atoms with Crippen molar-refractivity contribution in [2.24, 2.45) is 0 Å². The van der Waals surface area contributed by atoms with Crippen LogP contribution >= 0.6 is 0 Å². The summed E-state index contributed by atoms with van der Waals surface area (Å²) in [6, 6.07) is 5.71. The molecule has 0 saturated carbocycles. The lowest BCUT2D eigenvalue weighted by Crippen LogP contribution is -2.24. The monoisotopic (exact) mass is 287 g/mol. The van der Waals surface area contributed by atoms with Crippen LogP contribution in [0.1, 0.15) is 42.5 Å². The number of aromatic carboxylic acids is 1. The Morgan fingerprint density at radius 2 is 2.19 bits per heavy atom. The molecule has 0 unspecified atom stereocenters. The predicted molar refractivity (Wildman–Crippen MR) is 76.7 cm³/mol. The van der Waals surface area contributed by atoms with Crippen LogP contribution in [-0.4, -0.2) is 21.8 Å². The van der Waals surface area contributed by atoms with Crippen molar-refractivity contribution < 1.29 is 19.2 Å². The molecule has 0 saturated heterocycles. The predicted octanol–water partition coefficient (Wildman–Crippen LogP) is 3.32. The van der Waals surface area contributed by atoms with Gasteiger partial charge in [-0.2, -0.15) is 0 Å². The van der Waals surface area contributed by atoms with Gasteiger partial charge in [0.1, 0.15) is 22.6 Å². The number of para-hydroxylation sites is 1. The molecule has 5 nitrogen and oxygen atoms in total. The van der Waals surface area contributed by atoms with E-state index in [2.05, 4.69) is 5.16 Å². The van der Waals surface area contributed by atoms with E-state index in [4.69, 9.17) is 9.26 Å². The van der Waals surface area contributed by atoms with E-state index in [9.17, 15) is 9.90 Å². The molecule has 1 aliphatic heterocycles. The number of ether oxygens (including phenoxy) is 1. The minimum absolute atomic E-state index is 0.124. The van der Waals surface area contributed by atoms with Crippen molar-refractivity contribution in [3.05, 3.63) is 35.1 Å². The Hall–Kier alpha value is -2.30. The van der Waals surface area contributed by atoms with E-state index in [-0.39, 0.29) is 11.2 Å². The largest absolute Gasteiger partial charge is 0.487 e. The number of carboxylic acid groups (broad SMARTS) is 1. The summed E-state index contributed by atoms with van der Waals surface area (Å²) in [6.07, 6.45) is 1.27. The third-order valence-corrected chi connectivity index (χ3v) is 3.64. The number of carboxylic acids is 1. The number of hydrogen-bond acceptors (Lipinski definition) is 4. The summed E-state index contributed by atoms with van der Waals surface area (Å²) in [5, 5.41) is 13.4. The molecule has 3 rings (SSSR count). The lowest BCUT2D eigenvalue weighted by Gasteiger charge is -2.17. The molecule has 5 heteroatoms. The zero-order valence-corrected chi connectivity index (χ0v) is 12.3. The second-order valence-electron chi connectivity index (χ2n) is 5.82. The zero-order chi connectivity index (χ0) is 15.2. The van der Waals surface area contributed by atoms with Crippen LogP contribution in [0.3, 0.4) is 0 Å². The number of rotatable bonds is 3. The molecule has 0 fully saturated rings. The number of aryl methyl sites for hydroxylation is 1. The van der Waals surface area contributed by atoms with Crippen LogP contribution in [0, 0.1) is 0 Å². The number of benzene rings is 1. The van der Waals surface area contributed by atoms with Crippen molar-refractivity contribution in [2.75, 3.05) is 0 Å². The van der Waals surface area contributed by atoms with E-state index in [1.807, 2.05) is 39.0 Å². The molecule has 2 heterocycles. The summed E-state index contributed by atoms with van der Waals surface area (Å²) < 4.78 is 11.2. The number of nitrogens with zero attached hydrogens (tertiary/aromatic N) is 1. The maximum absolute atomic E-state index is 11.5. The molecule has 1 aliphatic rings. The minimum Gasteiger partial charge on any atom is -0.487 e. The first-order valence-corrected chi connectivity index (χ1v) is 6.96. The van der Waals surface area contributed by atoms with Crippen molar-refractivity contribution in [1.29, 1.82) is 0 Å². The number of carbonyl (C=O) groups is 1. The first kappa shape index (κ1) is 13.7. The van der Waals surface area contributed by atoms with Crippen molar-refractivity contribution >= 4 is 5.97 Å². The summed E-state index contributed by atoms with van der Waals surface area (Å²) >= 11 is 0. The van der Waals surface area contributed by atoms with Crippen LogP contribution in [0.15, 0.2) is 22.7 Å². The van der Waals surface area contributed by atoms with Crippen LogP contribution in [0.5, 0.6) is 5.75 Å². The molecule has 0 bridgehead atoms. The Morgan fingerprint density at radius 3 is 2.86 bits per heavy atom. The van der Waals surface area contributed by atoms with Gasteiger partial charge in [-0.1, -0.05) is 24.2 Å². The van der Waals surface area contributed by atoms with Crippen molar-refractivity contribution in [3.8, 4) is 17.0 Å². The Labute approximate surface area is 122 Å². The third-order valence-electron chi connectivity index (χ3n) is 3.64. The van der Waals surface area contributed by atoms with Gasteiger partial charge in [0.15, 0.2) is 5.76 Å². The highest BCUT2D eigenvalue weighted by molar-refractivity contribution is 5.96. The van der Waals surface area contributed by atoms with Gasteiger partial charge < -0.3 is 14.4 Å². The fourth-order valence-corrected chi connectivity index (χ4v) is 2.77. The van der Waals surface area contributed by atoms with Gasteiger partial charge in [-0.15, -0.1) is 0 Å². The van der Waals surface area contributed by atoms with Crippen molar-refractivity contribution in [2.45, 2.75) is 39.2 Å². The van der Waals surface area contributed by atoms with E-state index in [1.165, 1.54) is 0 Å². The maximum atomic E-state index is 11.5. The Bertz CT molecular complexity index is 715. The molecule has 1 aromatic carbocycles. The van der Waals surface area contributed by atoms with E-state index < -0.39 is 5.97 Å². The maximum Gasteiger partial charge on any atom is 0.341 e. The summed E-state index contributed by atoms with van der Waals surface area (Å²) in [5.74, 6) is 0.0614. The lowest BCUT2D eigenvalue weighted by atomic mass is 9.98. The summed E-state index contributed by atoms with van der Waals surface area (Å²) in [6.45, 7) is 5.86. The van der Waals surface area contributed by atoms with Crippen molar-refractivity contribution in [3.63, 3.8) is 0 Å². The van der Waals surface area contributed by atoms with Gasteiger partial charge in [-0.25, -0.2) is 4.79 Å². The Kier molecular flexibility index (Phi) is 3.01. The SMILES string of the molecule is CCc1onc(-c2cccc3c2OC(C)(C)C3)c1C(=O)O.